The van der Waals surface area contributed by atoms with Gasteiger partial charge in [-0.3, -0.25) is 24.8 Å². The van der Waals surface area contributed by atoms with Gasteiger partial charge in [-0.15, -0.1) is 0 Å². The SMILES string of the molecule is CCc1cc(Nc2ncc(Br)c(Nc3cnc4ccccc4c3P(C)(C)=O)n2)c(OC)cc1N1CCC(N2CCN(CCc3ccc(C4CCC(=O)NC4=O)c(F)c3)CC2)CC1. The highest BCUT2D eigenvalue weighted by atomic mass is 79.9. The highest BCUT2D eigenvalue weighted by molar-refractivity contribution is 9.10. The first-order chi connectivity index (χ1) is 29.9. The molecular weight excluding hydrogens is 872 g/mol. The molecule has 0 saturated carbocycles. The van der Waals surface area contributed by atoms with Gasteiger partial charge in [-0.2, -0.15) is 4.98 Å². The Hall–Kier alpha value is -4.95. The summed E-state index contributed by atoms with van der Waals surface area (Å²) in [6, 6.07) is 17.7. The average molecular weight is 927 g/mol. The number of carbonyl (C=O) groups excluding carboxylic acids is 2. The maximum atomic E-state index is 15.1. The van der Waals surface area contributed by atoms with Crippen LogP contribution in [-0.2, 0) is 27.0 Å². The summed E-state index contributed by atoms with van der Waals surface area (Å²) in [7, 11) is -1.03. The van der Waals surface area contributed by atoms with Crippen molar-refractivity contribution in [2.24, 2.45) is 0 Å². The number of benzene rings is 3. The molecule has 3 aliphatic heterocycles. The molecule has 5 heterocycles. The lowest BCUT2D eigenvalue weighted by molar-refractivity contribution is -0.134. The molecule has 3 aliphatic rings. The molecule has 0 spiro atoms. The van der Waals surface area contributed by atoms with Crippen LogP contribution in [0.2, 0.25) is 0 Å². The fourth-order valence-electron chi connectivity index (χ4n) is 9.13. The van der Waals surface area contributed by atoms with Gasteiger partial charge in [0.1, 0.15) is 24.5 Å². The molecule has 1 unspecified atom stereocenters. The predicted molar refractivity (Wildman–Crippen MR) is 248 cm³/mol. The second-order valence-electron chi connectivity index (χ2n) is 16.8. The standard InChI is InChI=1S/C46H54BrFN9O4P/c1-5-30-25-38(52-46-50-27-35(47)44(54-46)51-39-28-49-37-9-7-6-8-34(37)43(39)62(3,4)60)41(61-2)26-40(30)57-18-15-31(16-19-57)56-22-20-55(21-23-56)17-14-29-10-11-32(36(48)24-29)33-12-13-42(58)53-45(33)59/h6-11,24-28,31,33H,5,12-23H2,1-4H3,(H,53,58,59)(H2,50,51,52,54). The normalized spacial score (nSPS) is 18.2. The summed E-state index contributed by atoms with van der Waals surface area (Å²) in [5.74, 6) is -0.112. The number of methoxy groups -OCH3 is 1. The zero-order valence-electron chi connectivity index (χ0n) is 35.7. The number of piperazine rings is 1. The summed E-state index contributed by atoms with van der Waals surface area (Å²) in [6.45, 7) is 12.4. The quantitative estimate of drug-likeness (QED) is 0.0791. The van der Waals surface area contributed by atoms with Crippen molar-refractivity contribution >= 4 is 79.9 Å². The minimum Gasteiger partial charge on any atom is -0.494 e. The number of para-hydroxylation sites is 1. The molecule has 3 aromatic carbocycles. The van der Waals surface area contributed by atoms with E-state index in [-0.39, 0.29) is 18.1 Å². The van der Waals surface area contributed by atoms with Gasteiger partial charge in [0.2, 0.25) is 17.8 Å². The maximum Gasteiger partial charge on any atom is 0.234 e. The van der Waals surface area contributed by atoms with Crippen LogP contribution >= 0.6 is 23.1 Å². The van der Waals surface area contributed by atoms with Gasteiger partial charge in [-0.05, 0) is 90.7 Å². The molecule has 0 bridgehead atoms. The number of carbonyl (C=O) groups is 2. The van der Waals surface area contributed by atoms with Gasteiger partial charge in [0.15, 0.2) is 0 Å². The highest BCUT2D eigenvalue weighted by Crippen LogP contribution is 2.42. The van der Waals surface area contributed by atoms with Crippen LogP contribution in [0, 0.1) is 5.82 Å². The molecule has 5 aromatic rings. The van der Waals surface area contributed by atoms with E-state index in [1.807, 2.05) is 30.3 Å². The van der Waals surface area contributed by atoms with E-state index < -0.39 is 19.0 Å². The number of hydrogen-bond donors (Lipinski definition) is 3. The monoisotopic (exact) mass is 925 g/mol. The number of pyridine rings is 1. The van der Waals surface area contributed by atoms with Crippen LogP contribution in [0.25, 0.3) is 10.9 Å². The van der Waals surface area contributed by atoms with Gasteiger partial charge in [-0.1, -0.05) is 37.3 Å². The van der Waals surface area contributed by atoms with Crippen molar-refractivity contribution in [3.05, 3.63) is 94.0 Å². The number of piperidine rings is 2. The number of nitrogens with one attached hydrogen (secondary N) is 3. The number of imide groups is 1. The molecule has 3 saturated heterocycles. The van der Waals surface area contributed by atoms with Crippen molar-refractivity contribution in [1.82, 2.24) is 30.1 Å². The third-order valence-corrected chi connectivity index (χ3v) is 14.6. The molecule has 0 radical (unpaired) electrons. The summed E-state index contributed by atoms with van der Waals surface area (Å²) in [5, 5.41) is 10.7. The van der Waals surface area contributed by atoms with Crippen molar-refractivity contribution in [1.29, 1.82) is 0 Å². The number of rotatable bonds is 13. The van der Waals surface area contributed by atoms with Gasteiger partial charge in [0.05, 0.1) is 40.6 Å². The smallest absolute Gasteiger partial charge is 0.234 e. The molecule has 16 heteroatoms. The topological polar surface area (TPSA) is 145 Å². The fourth-order valence-corrected chi connectivity index (χ4v) is 10.9. The van der Waals surface area contributed by atoms with Crippen LogP contribution in [-0.4, -0.2) is 109 Å². The molecule has 2 amide bonds. The molecule has 1 atom stereocenters. The predicted octanol–water partition coefficient (Wildman–Crippen LogP) is 7.58. The van der Waals surface area contributed by atoms with E-state index in [1.54, 1.807) is 45.0 Å². The average Bonchev–Trinajstić information content (AvgIpc) is 3.26. The summed E-state index contributed by atoms with van der Waals surface area (Å²) >= 11 is 3.60. The van der Waals surface area contributed by atoms with Crippen molar-refractivity contribution in [3.8, 4) is 5.75 Å². The Labute approximate surface area is 370 Å². The molecule has 62 heavy (non-hydrogen) atoms. The van der Waals surface area contributed by atoms with Crippen LogP contribution in [0.5, 0.6) is 5.75 Å². The van der Waals surface area contributed by atoms with Crippen LogP contribution in [0.4, 0.5) is 33.2 Å². The second kappa shape index (κ2) is 18.8. The van der Waals surface area contributed by atoms with Crippen molar-refractivity contribution in [3.63, 3.8) is 0 Å². The maximum absolute atomic E-state index is 15.1. The zero-order valence-corrected chi connectivity index (χ0v) is 38.2. The largest absolute Gasteiger partial charge is 0.494 e. The number of nitrogens with zero attached hydrogens (tertiary/aromatic N) is 6. The first-order valence-corrected chi connectivity index (χ1v) is 24.8. The summed E-state index contributed by atoms with van der Waals surface area (Å²) in [5.41, 5.74) is 5.85. The second-order valence-corrected chi connectivity index (χ2v) is 20.8. The fraction of sp³-hybridized carbons (Fsp3) is 0.413. The van der Waals surface area contributed by atoms with Gasteiger partial charge in [-0.25, -0.2) is 9.37 Å². The van der Waals surface area contributed by atoms with Gasteiger partial charge in [0.25, 0.3) is 0 Å². The third kappa shape index (κ3) is 9.66. The van der Waals surface area contributed by atoms with Crippen molar-refractivity contribution < 1.29 is 23.3 Å². The molecule has 0 aliphatic carbocycles. The number of ether oxygens (including phenoxy) is 1. The van der Waals surface area contributed by atoms with Crippen molar-refractivity contribution in [2.75, 3.05) is 81.8 Å². The number of amides is 2. The first kappa shape index (κ1) is 43.7. The van der Waals surface area contributed by atoms with Crippen LogP contribution in [0.1, 0.15) is 55.2 Å². The molecule has 13 nitrogen and oxygen atoms in total. The van der Waals surface area contributed by atoms with Gasteiger partial charge < -0.3 is 29.7 Å². The van der Waals surface area contributed by atoms with E-state index in [9.17, 15) is 14.2 Å². The Morgan fingerprint density at radius 3 is 2.42 bits per heavy atom. The van der Waals surface area contributed by atoms with E-state index in [2.05, 4.69) is 75.6 Å². The minimum atomic E-state index is -2.71. The molecule has 2 aromatic heterocycles. The summed E-state index contributed by atoms with van der Waals surface area (Å²) in [4.78, 5) is 45.4. The Bertz CT molecular complexity index is 2520. The first-order valence-electron chi connectivity index (χ1n) is 21.4. The number of aryl methyl sites for hydroxylation is 1. The summed E-state index contributed by atoms with van der Waals surface area (Å²) < 4.78 is 35.2. The number of aromatic nitrogens is 3. The number of halogens is 2. The lowest BCUT2D eigenvalue weighted by Crippen LogP contribution is -2.53. The molecule has 326 valence electrons. The molecular formula is C46H54BrFN9O4P. The Kier molecular flexibility index (Phi) is 13.2. The van der Waals surface area contributed by atoms with Crippen molar-refractivity contribution in [2.45, 2.75) is 57.4 Å². The Balaban J connectivity index is 0.864. The highest BCUT2D eigenvalue weighted by Gasteiger charge is 2.31. The summed E-state index contributed by atoms with van der Waals surface area (Å²) in [6.07, 6.45) is 7.70. The van der Waals surface area contributed by atoms with Crippen LogP contribution in [0.15, 0.2) is 71.5 Å². The number of anilines is 5. The molecule has 3 fully saturated rings. The van der Waals surface area contributed by atoms with Crippen LogP contribution < -0.4 is 30.9 Å². The van der Waals surface area contributed by atoms with E-state index in [0.29, 0.717) is 45.7 Å². The molecule has 3 N–H and O–H groups in total. The Morgan fingerprint density at radius 2 is 1.71 bits per heavy atom. The van der Waals surface area contributed by atoms with E-state index >= 15 is 4.39 Å². The van der Waals surface area contributed by atoms with E-state index in [1.165, 1.54) is 11.3 Å². The number of hydrogen-bond acceptors (Lipinski definition) is 12. The zero-order chi connectivity index (χ0) is 43.5. The van der Waals surface area contributed by atoms with E-state index in [4.69, 9.17) is 9.72 Å². The van der Waals surface area contributed by atoms with E-state index in [0.717, 1.165) is 99.0 Å². The molecule has 8 rings (SSSR count). The van der Waals surface area contributed by atoms with Gasteiger partial charge >= 0.3 is 0 Å². The number of fused-ring (bicyclic) bond motifs is 1. The van der Waals surface area contributed by atoms with Crippen LogP contribution in [0.3, 0.4) is 0 Å². The van der Waals surface area contributed by atoms with Gasteiger partial charge in [0, 0.05) is 92.5 Å². The third-order valence-electron chi connectivity index (χ3n) is 12.4. The Morgan fingerprint density at radius 1 is 0.935 bits per heavy atom. The lowest BCUT2D eigenvalue weighted by Gasteiger charge is -2.43. The minimum absolute atomic E-state index is 0.232. The lowest BCUT2D eigenvalue weighted by atomic mass is 9.89.